The molecule has 40 heavy (non-hydrogen) atoms. The molecular weight excluding hydrogens is 508 g/mol. The predicted molar refractivity (Wildman–Crippen MR) is 151 cm³/mol. The number of fused-ring (bicyclic) bond motifs is 2. The minimum Gasteiger partial charge on any atom is -0.506 e. The second-order valence-corrected chi connectivity index (χ2v) is 13.2. The number of allylic oxidation sites excluding steroid dienone is 3. The molecule has 0 radical (unpaired) electrons. The average molecular weight is 547 g/mol. The van der Waals surface area contributed by atoms with E-state index in [1.807, 2.05) is 65.8 Å². The van der Waals surface area contributed by atoms with Gasteiger partial charge in [-0.05, 0) is 73.5 Å². The molecule has 6 aliphatic rings. The van der Waals surface area contributed by atoms with Crippen LogP contribution in [0.25, 0.3) is 6.08 Å². The Hall–Kier alpha value is -3.16. The van der Waals surface area contributed by atoms with E-state index in [0.29, 0.717) is 40.9 Å². The molecule has 4 atom stereocenters. The first-order valence-electron chi connectivity index (χ1n) is 14.1. The molecule has 1 saturated heterocycles. The number of phenolic OH excluding ortho intramolecular Hbond substituents is 1. The molecule has 3 aliphatic heterocycles. The number of aliphatic hydroxyl groups is 1. The summed E-state index contributed by atoms with van der Waals surface area (Å²) in [5.41, 5.74) is -0.823. The van der Waals surface area contributed by atoms with Crippen molar-refractivity contribution in [2.45, 2.75) is 90.1 Å². The molecule has 1 saturated carbocycles. The van der Waals surface area contributed by atoms with E-state index in [9.17, 15) is 19.8 Å². The van der Waals surface area contributed by atoms with Gasteiger partial charge in [-0.2, -0.15) is 0 Å². The molecule has 7 rings (SSSR count). The maximum Gasteiger partial charge on any atom is 0.200 e. The summed E-state index contributed by atoms with van der Waals surface area (Å²) in [6.45, 7) is 13.4. The first kappa shape index (κ1) is 27.0. The molecule has 2 fully saturated rings. The third kappa shape index (κ3) is 3.37. The fraction of sp³-hybridized carbons (Fsp3) is 0.515. The molecule has 1 aromatic carbocycles. The normalized spacial score (nSPS) is 32.0. The summed E-state index contributed by atoms with van der Waals surface area (Å²) >= 11 is 0. The largest absolute Gasteiger partial charge is 0.506 e. The number of benzene rings is 1. The number of aromatic hydroxyl groups is 1. The van der Waals surface area contributed by atoms with E-state index < -0.39 is 28.3 Å². The number of carbonyl (C=O) groups is 2. The highest BCUT2D eigenvalue weighted by molar-refractivity contribution is 6.19. The van der Waals surface area contributed by atoms with Crippen LogP contribution in [0.5, 0.6) is 17.2 Å². The van der Waals surface area contributed by atoms with Crippen LogP contribution in [0.15, 0.2) is 41.0 Å². The maximum absolute atomic E-state index is 14.5. The monoisotopic (exact) mass is 546 g/mol. The molecule has 212 valence electrons. The standard InChI is InChI=1S/C33H38O7/c1-17(2)8-9-21-27-20(11-12-30(4,5)38-27)25(35)24-26(36)22-14-19-15-23-31(6,7)40-32(29(19)37,13-10-18(3)16-34)33(22,23)39-28(21)24/h8,10-12,14,19,23,34-35H,9,13,15-16H2,1-7H3/t19?,23?,32?,33-/m1/s1. The number of phenols is 1. The summed E-state index contributed by atoms with van der Waals surface area (Å²) in [5.74, 6) is -0.661. The van der Waals surface area contributed by atoms with Gasteiger partial charge in [0.2, 0.25) is 0 Å². The first-order valence-corrected chi connectivity index (χ1v) is 14.1. The van der Waals surface area contributed by atoms with Crippen molar-refractivity contribution in [2.24, 2.45) is 11.8 Å². The molecule has 3 unspecified atom stereocenters. The molecule has 3 heterocycles. The molecule has 3 aliphatic carbocycles. The van der Waals surface area contributed by atoms with Crippen molar-refractivity contribution in [2.75, 3.05) is 6.61 Å². The molecule has 1 spiro atoms. The molecular formula is C33H38O7. The number of aliphatic hydroxyl groups excluding tert-OH is 1. The van der Waals surface area contributed by atoms with Crippen LogP contribution in [0.3, 0.4) is 0 Å². The Bertz CT molecular complexity index is 1480. The highest BCUT2D eigenvalue weighted by Crippen LogP contribution is 2.68. The van der Waals surface area contributed by atoms with Crippen molar-refractivity contribution in [3.63, 3.8) is 0 Å². The molecule has 7 nitrogen and oxygen atoms in total. The zero-order valence-corrected chi connectivity index (χ0v) is 24.3. The summed E-state index contributed by atoms with van der Waals surface area (Å²) in [7, 11) is 0. The lowest BCUT2D eigenvalue weighted by molar-refractivity contribution is -0.171. The van der Waals surface area contributed by atoms with Gasteiger partial charge in [-0.15, -0.1) is 0 Å². The summed E-state index contributed by atoms with van der Waals surface area (Å²) in [6, 6.07) is 0. The van der Waals surface area contributed by atoms with E-state index in [0.717, 1.165) is 5.57 Å². The van der Waals surface area contributed by atoms with Gasteiger partial charge in [-0.1, -0.05) is 29.4 Å². The predicted octanol–water partition coefficient (Wildman–Crippen LogP) is 5.42. The van der Waals surface area contributed by atoms with Crippen LogP contribution in [0.4, 0.5) is 0 Å². The third-order valence-electron chi connectivity index (χ3n) is 9.32. The lowest BCUT2D eigenvalue weighted by Gasteiger charge is -2.56. The van der Waals surface area contributed by atoms with Crippen molar-refractivity contribution in [1.29, 1.82) is 0 Å². The van der Waals surface area contributed by atoms with Gasteiger partial charge in [-0.25, -0.2) is 0 Å². The number of ether oxygens (including phenoxy) is 3. The number of hydrogen-bond donors (Lipinski definition) is 2. The van der Waals surface area contributed by atoms with E-state index in [4.69, 9.17) is 14.2 Å². The van der Waals surface area contributed by atoms with Crippen LogP contribution in [-0.2, 0) is 16.0 Å². The van der Waals surface area contributed by atoms with Crippen molar-refractivity contribution >= 4 is 17.6 Å². The van der Waals surface area contributed by atoms with E-state index in [1.54, 1.807) is 13.0 Å². The fourth-order valence-corrected chi connectivity index (χ4v) is 7.44. The maximum atomic E-state index is 14.5. The third-order valence-corrected chi connectivity index (χ3v) is 9.32. The Balaban J connectivity index is 1.66. The van der Waals surface area contributed by atoms with E-state index in [2.05, 4.69) is 0 Å². The van der Waals surface area contributed by atoms with Gasteiger partial charge in [0, 0.05) is 29.4 Å². The second-order valence-electron chi connectivity index (χ2n) is 13.2. The van der Waals surface area contributed by atoms with Crippen LogP contribution >= 0.6 is 0 Å². The molecule has 7 heteroatoms. The molecule has 2 N–H and O–H groups in total. The first-order chi connectivity index (χ1) is 18.7. The smallest absolute Gasteiger partial charge is 0.200 e. The SMILES string of the molecule is CC(C)=CCc1c2c(c(O)c3c1O[C@]14C(=CC5CC1C(C)(C)OC4(CC=C(C)CO)C5=O)C3=O)C=CC(C)(C)O2. The number of rotatable bonds is 5. The van der Waals surface area contributed by atoms with Gasteiger partial charge in [-0.3, -0.25) is 9.59 Å². The zero-order valence-electron chi connectivity index (χ0n) is 24.3. The van der Waals surface area contributed by atoms with Gasteiger partial charge >= 0.3 is 0 Å². The van der Waals surface area contributed by atoms with Crippen LogP contribution in [0, 0.1) is 11.8 Å². The highest BCUT2D eigenvalue weighted by atomic mass is 16.6. The summed E-state index contributed by atoms with van der Waals surface area (Å²) in [5, 5.41) is 21.3. The lowest BCUT2D eigenvalue weighted by atomic mass is 9.51. The second kappa shape index (κ2) is 8.43. The van der Waals surface area contributed by atoms with Gasteiger partial charge in [0.1, 0.15) is 28.4 Å². The Kier molecular flexibility index (Phi) is 5.70. The minimum atomic E-state index is -1.45. The zero-order chi connectivity index (χ0) is 29.0. The van der Waals surface area contributed by atoms with Crippen LogP contribution in [0.1, 0.15) is 82.8 Å². The summed E-state index contributed by atoms with van der Waals surface area (Å²) in [6.07, 6.45) is 10.4. The van der Waals surface area contributed by atoms with E-state index >= 15 is 0 Å². The van der Waals surface area contributed by atoms with Crippen LogP contribution < -0.4 is 9.47 Å². The van der Waals surface area contributed by atoms with Crippen molar-refractivity contribution in [3.05, 3.63) is 57.7 Å². The van der Waals surface area contributed by atoms with Gasteiger partial charge in [0.15, 0.2) is 22.8 Å². The lowest BCUT2D eigenvalue weighted by Crippen LogP contribution is -2.72. The van der Waals surface area contributed by atoms with Crippen molar-refractivity contribution in [1.82, 2.24) is 0 Å². The molecule has 1 aromatic rings. The highest BCUT2D eigenvalue weighted by Gasteiger charge is 2.81. The quantitative estimate of drug-likeness (QED) is 0.476. The Morgan fingerprint density at radius 2 is 1.80 bits per heavy atom. The van der Waals surface area contributed by atoms with Gasteiger partial charge in [0.25, 0.3) is 0 Å². The Labute approximate surface area is 235 Å². The van der Waals surface area contributed by atoms with Crippen molar-refractivity contribution < 1.29 is 34.0 Å². The Morgan fingerprint density at radius 1 is 1.07 bits per heavy atom. The van der Waals surface area contributed by atoms with E-state index in [-0.39, 0.29) is 47.6 Å². The topological polar surface area (TPSA) is 102 Å². The Morgan fingerprint density at radius 3 is 2.48 bits per heavy atom. The molecule has 4 bridgehead atoms. The van der Waals surface area contributed by atoms with E-state index in [1.165, 1.54) is 0 Å². The number of hydrogen-bond acceptors (Lipinski definition) is 7. The number of carbonyl (C=O) groups excluding carboxylic acids is 2. The van der Waals surface area contributed by atoms with Gasteiger partial charge in [0.05, 0.1) is 17.8 Å². The van der Waals surface area contributed by atoms with Crippen LogP contribution in [-0.4, -0.2) is 50.8 Å². The number of ketones is 2. The minimum absolute atomic E-state index is 0.107. The summed E-state index contributed by atoms with van der Waals surface area (Å²) < 4.78 is 20.2. The average Bonchev–Trinajstić information content (AvgIpc) is 3.03. The van der Waals surface area contributed by atoms with Crippen LogP contribution in [0.2, 0.25) is 0 Å². The fourth-order valence-electron chi connectivity index (χ4n) is 7.44. The van der Waals surface area contributed by atoms with Crippen molar-refractivity contribution in [3.8, 4) is 17.2 Å². The van der Waals surface area contributed by atoms with Gasteiger partial charge < -0.3 is 24.4 Å². The summed E-state index contributed by atoms with van der Waals surface area (Å²) in [4.78, 5) is 28.7. The molecule has 0 amide bonds. The molecule has 0 aromatic heterocycles. The number of Topliss-reactive ketones (excluding diaryl/α,β-unsaturated/α-hetero) is 2.